The number of hydrogen-bond acceptors (Lipinski definition) is 4. The van der Waals surface area contributed by atoms with Crippen molar-refractivity contribution >= 4 is 11.9 Å². The summed E-state index contributed by atoms with van der Waals surface area (Å²) >= 11 is 0. The Hall–Kier alpha value is -2.22. The van der Waals surface area contributed by atoms with E-state index >= 15 is 0 Å². The number of aliphatic carboxylic acids is 1. The van der Waals surface area contributed by atoms with Crippen LogP contribution in [0.5, 0.6) is 5.75 Å². The molecule has 0 fully saturated rings. The Bertz CT molecular complexity index is 590. The number of nitrogens with one attached hydrogen (secondary N) is 1. The van der Waals surface area contributed by atoms with Gasteiger partial charge >= 0.3 is 5.97 Å². The Morgan fingerprint density at radius 1 is 1.38 bits per heavy atom. The molecule has 0 saturated heterocycles. The molecule has 1 amide bonds. The minimum atomic E-state index is -1.46. The molecular formula is C13H16F2N2O4. The number of carboxylic acid groups (broad SMARTS) is 1. The lowest BCUT2D eigenvalue weighted by molar-refractivity contribution is -0.138. The number of halogens is 2. The molecule has 1 unspecified atom stereocenters. The maximum absolute atomic E-state index is 14.1. The van der Waals surface area contributed by atoms with E-state index in [4.69, 9.17) is 15.6 Å². The molecule has 0 aliphatic heterocycles. The summed E-state index contributed by atoms with van der Waals surface area (Å²) in [6, 6.07) is -1.46. The lowest BCUT2D eigenvalue weighted by Crippen LogP contribution is -2.34. The van der Waals surface area contributed by atoms with Crippen molar-refractivity contribution in [1.82, 2.24) is 5.32 Å². The second kappa shape index (κ2) is 6.49. The van der Waals surface area contributed by atoms with Crippen molar-refractivity contribution in [3.8, 4) is 5.75 Å². The number of amides is 1. The van der Waals surface area contributed by atoms with Crippen molar-refractivity contribution in [1.29, 1.82) is 0 Å². The van der Waals surface area contributed by atoms with Gasteiger partial charge in [0.05, 0.1) is 12.7 Å². The molecule has 0 spiro atoms. The first-order valence-electron chi connectivity index (χ1n) is 6.01. The van der Waals surface area contributed by atoms with Crippen LogP contribution in [0, 0.1) is 18.6 Å². The van der Waals surface area contributed by atoms with Gasteiger partial charge in [0.15, 0.2) is 11.6 Å². The van der Waals surface area contributed by atoms with Crippen LogP contribution >= 0.6 is 0 Å². The number of methoxy groups -OCH3 is 1. The van der Waals surface area contributed by atoms with Crippen LogP contribution in [0.4, 0.5) is 8.78 Å². The Balaban J connectivity index is 3.60. The van der Waals surface area contributed by atoms with E-state index in [-0.39, 0.29) is 16.7 Å². The standard InChI is InChI=1S/C13H16F2N2O4/c1-5-8(12(18)17-2)6(4-7(16)13(19)20)9(14)10(15)11(5)21-3/h7H,4,16H2,1-3H3,(H,17,18)(H,19,20). The number of nitrogens with two attached hydrogens (primary N) is 1. The van der Waals surface area contributed by atoms with Crippen LogP contribution in [0.3, 0.4) is 0 Å². The monoisotopic (exact) mass is 302 g/mol. The number of benzene rings is 1. The third-order valence-electron chi connectivity index (χ3n) is 3.07. The first-order valence-corrected chi connectivity index (χ1v) is 6.01. The van der Waals surface area contributed by atoms with Gasteiger partial charge in [-0.05, 0) is 6.92 Å². The minimum absolute atomic E-state index is 0.0725. The normalized spacial score (nSPS) is 11.9. The van der Waals surface area contributed by atoms with Crippen molar-refractivity contribution in [2.45, 2.75) is 19.4 Å². The lowest BCUT2D eigenvalue weighted by atomic mass is 9.94. The fourth-order valence-corrected chi connectivity index (χ4v) is 2.02. The highest BCUT2D eigenvalue weighted by molar-refractivity contribution is 5.98. The molecule has 1 atom stereocenters. The summed E-state index contributed by atoms with van der Waals surface area (Å²) in [6.45, 7) is 1.38. The highest BCUT2D eigenvalue weighted by atomic mass is 19.2. The number of hydrogen-bond donors (Lipinski definition) is 3. The van der Waals surface area contributed by atoms with E-state index in [9.17, 15) is 18.4 Å². The van der Waals surface area contributed by atoms with Gasteiger partial charge in [0.25, 0.3) is 5.91 Å². The smallest absolute Gasteiger partial charge is 0.320 e. The SMILES string of the molecule is CNC(=O)c1c(C)c(OC)c(F)c(F)c1CC(N)C(=O)O. The third kappa shape index (κ3) is 3.10. The van der Waals surface area contributed by atoms with E-state index < -0.39 is 41.7 Å². The number of ether oxygens (including phenoxy) is 1. The topological polar surface area (TPSA) is 102 Å². The summed E-state index contributed by atoms with van der Waals surface area (Å²) in [5.41, 5.74) is 4.85. The molecule has 21 heavy (non-hydrogen) atoms. The summed E-state index contributed by atoms with van der Waals surface area (Å²) in [7, 11) is 2.46. The van der Waals surface area contributed by atoms with Gasteiger partial charge in [-0.15, -0.1) is 0 Å². The zero-order valence-corrected chi connectivity index (χ0v) is 11.8. The molecule has 0 radical (unpaired) electrons. The van der Waals surface area contributed by atoms with Gasteiger partial charge in [0, 0.05) is 24.6 Å². The maximum atomic E-state index is 14.1. The van der Waals surface area contributed by atoms with Gasteiger partial charge in [-0.2, -0.15) is 4.39 Å². The number of carboxylic acids is 1. The van der Waals surface area contributed by atoms with Crippen molar-refractivity contribution < 1.29 is 28.2 Å². The van der Waals surface area contributed by atoms with E-state index in [0.717, 1.165) is 7.11 Å². The van der Waals surface area contributed by atoms with Gasteiger partial charge in [-0.3, -0.25) is 9.59 Å². The van der Waals surface area contributed by atoms with Crippen molar-refractivity contribution in [2.24, 2.45) is 5.73 Å². The Morgan fingerprint density at radius 3 is 2.38 bits per heavy atom. The van der Waals surface area contributed by atoms with Crippen molar-refractivity contribution in [3.63, 3.8) is 0 Å². The first kappa shape index (κ1) is 16.8. The summed E-state index contributed by atoms with van der Waals surface area (Å²) in [5.74, 6) is -5.09. The lowest BCUT2D eigenvalue weighted by Gasteiger charge is -2.18. The molecule has 0 aliphatic rings. The maximum Gasteiger partial charge on any atom is 0.320 e. The fourth-order valence-electron chi connectivity index (χ4n) is 2.02. The molecule has 8 heteroatoms. The number of rotatable bonds is 5. The highest BCUT2D eigenvalue weighted by Gasteiger charge is 2.28. The van der Waals surface area contributed by atoms with Crippen molar-refractivity contribution in [2.75, 3.05) is 14.2 Å². The van der Waals surface area contributed by atoms with E-state index in [1.807, 2.05) is 0 Å². The Labute approximate surface area is 119 Å². The predicted molar refractivity (Wildman–Crippen MR) is 70.4 cm³/mol. The summed E-state index contributed by atoms with van der Waals surface area (Å²) < 4.78 is 32.8. The van der Waals surface area contributed by atoms with E-state index in [0.29, 0.717) is 0 Å². The average molecular weight is 302 g/mol. The van der Waals surface area contributed by atoms with E-state index in [2.05, 4.69) is 5.32 Å². The van der Waals surface area contributed by atoms with E-state index in [1.54, 1.807) is 0 Å². The molecule has 1 aromatic carbocycles. The molecule has 0 bridgehead atoms. The van der Waals surface area contributed by atoms with Gasteiger partial charge in [0.1, 0.15) is 6.04 Å². The summed E-state index contributed by atoms with van der Waals surface area (Å²) in [5, 5.41) is 11.1. The van der Waals surface area contributed by atoms with Crippen molar-refractivity contribution in [3.05, 3.63) is 28.3 Å². The fraction of sp³-hybridized carbons (Fsp3) is 0.385. The molecule has 0 aliphatic carbocycles. The Morgan fingerprint density at radius 2 is 1.95 bits per heavy atom. The van der Waals surface area contributed by atoms with Crippen LogP contribution in [0.1, 0.15) is 21.5 Å². The Kier molecular flexibility index (Phi) is 5.20. The average Bonchev–Trinajstić information content (AvgIpc) is 2.44. The number of carbonyl (C=O) groups excluding carboxylic acids is 1. The van der Waals surface area contributed by atoms with Gasteiger partial charge < -0.3 is 20.9 Å². The molecule has 1 aromatic rings. The van der Waals surface area contributed by atoms with Gasteiger partial charge in [0.2, 0.25) is 5.82 Å². The predicted octanol–water partition coefficient (Wildman–Crippen LogP) is 0.596. The second-order valence-electron chi connectivity index (χ2n) is 4.37. The molecule has 1 rings (SSSR count). The molecule has 4 N–H and O–H groups in total. The van der Waals surface area contributed by atoms with Crippen LogP contribution in [-0.4, -0.2) is 37.2 Å². The van der Waals surface area contributed by atoms with Crippen LogP contribution in [0.25, 0.3) is 0 Å². The molecular weight excluding hydrogens is 286 g/mol. The highest BCUT2D eigenvalue weighted by Crippen LogP contribution is 2.32. The number of carbonyl (C=O) groups is 2. The van der Waals surface area contributed by atoms with E-state index in [1.165, 1.54) is 14.0 Å². The minimum Gasteiger partial charge on any atom is -0.493 e. The third-order valence-corrected chi connectivity index (χ3v) is 3.07. The van der Waals surface area contributed by atoms with Gasteiger partial charge in [-0.1, -0.05) is 0 Å². The van der Waals surface area contributed by atoms with Crippen LogP contribution < -0.4 is 15.8 Å². The van der Waals surface area contributed by atoms with Crippen LogP contribution in [0.15, 0.2) is 0 Å². The quantitative estimate of drug-likeness (QED) is 0.739. The molecule has 116 valence electrons. The molecule has 0 heterocycles. The van der Waals surface area contributed by atoms with Crippen LogP contribution in [0.2, 0.25) is 0 Å². The summed E-state index contributed by atoms with van der Waals surface area (Å²) in [6.07, 6.45) is -0.522. The first-order chi connectivity index (χ1) is 9.76. The van der Waals surface area contributed by atoms with Gasteiger partial charge in [-0.25, -0.2) is 4.39 Å². The zero-order chi connectivity index (χ0) is 16.3. The molecule has 6 nitrogen and oxygen atoms in total. The second-order valence-corrected chi connectivity index (χ2v) is 4.37. The molecule has 0 aromatic heterocycles. The van der Waals surface area contributed by atoms with Crippen LogP contribution in [-0.2, 0) is 11.2 Å². The largest absolute Gasteiger partial charge is 0.493 e. The summed E-state index contributed by atoms with van der Waals surface area (Å²) in [4.78, 5) is 22.7. The molecule has 0 saturated carbocycles. The zero-order valence-electron chi connectivity index (χ0n) is 11.8.